The molecule has 76 valence electrons. The molecule has 1 aromatic heterocycles. The minimum absolute atomic E-state index is 0.201. The van der Waals surface area contributed by atoms with Crippen LogP contribution in [0.1, 0.15) is 10.4 Å². The van der Waals surface area contributed by atoms with Gasteiger partial charge in [0.1, 0.15) is 0 Å². The van der Waals surface area contributed by atoms with E-state index in [1.807, 2.05) is 12.1 Å². The summed E-state index contributed by atoms with van der Waals surface area (Å²) in [4.78, 5) is 15.1. The number of nitrogens with zero attached hydrogens (tertiary/aromatic N) is 1. The van der Waals surface area contributed by atoms with Crippen LogP contribution in [0.5, 0.6) is 0 Å². The van der Waals surface area contributed by atoms with E-state index in [1.165, 1.54) is 0 Å². The number of carbonyl (C=O) groups is 1. The molecule has 0 radical (unpaired) electrons. The minimum atomic E-state index is -0.976. The highest BCUT2D eigenvalue weighted by atomic mass is 79.9. The Balaban J connectivity index is 2.86. The van der Waals surface area contributed by atoms with Gasteiger partial charge in [-0.05, 0) is 34.1 Å². The van der Waals surface area contributed by atoms with Crippen LogP contribution in [-0.4, -0.2) is 16.1 Å². The SMILES string of the molecule is O=C(O)c1cc(Br)cc2cc(Br)cnc12. The van der Waals surface area contributed by atoms with Crippen LogP contribution >= 0.6 is 31.9 Å². The quantitative estimate of drug-likeness (QED) is 0.871. The number of halogens is 2. The fourth-order valence-corrected chi connectivity index (χ4v) is 2.17. The van der Waals surface area contributed by atoms with Crippen LogP contribution in [0.25, 0.3) is 10.9 Å². The average molecular weight is 331 g/mol. The second-order valence-electron chi connectivity index (χ2n) is 2.98. The molecule has 0 bridgehead atoms. The molecule has 2 rings (SSSR count). The van der Waals surface area contributed by atoms with Crippen molar-refractivity contribution >= 4 is 48.7 Å². The summed E-state index contributed by atoms with van der Waals surface area (Å²) in [6, 6.07) is 5.21. The average Bonchev–Trinajstić information content (AvgIpc) is 2.15. The molecule has 0 saturated carbocycles. The second-order valence-corrected chi connectivity index (χ2v) is 4.82. The standard InChI is InChI=1S/C10H5Br2NO2/c11-6-1-5-2-7(12)4-13-9(5)8(3-6)10(14)15/h1-4H,(H,14,15). The number of aromatic nitrogens is 1. The van der Waals surface area contributed by atoms with E-state index in [2.05, 4.69) is 36.8 Å². The molecule has 0 saturated heterocycles. The summed E-state index contributed by atoms with van der Waals surface area (Å²) in [6.07, 6.45) is 1.59. The molecule has 1 aromatic carbocycles. The molecular formula is C10H5Br2NO2. The maximum atomic E-state index is 11.0. The van der Waals surface area contributed by atoms with Crippen molar-refractivity contribution in [3.8, 4) is 0 Å². The van der Waals surface area contributed by atoms with Crippen molar-refractivity contribution in [1.29, 1.82) is 0 Å². The van der Waals surface area contributed by atoms with Crippen LogP contribution in [-0.2, 0) is 0 Å². The molecule has 3 nitrogen and oxygen atoms in total. The Morgan fingerprint density at radius 2 is 1.87 bits per heavy atom. The number of carboxylic acid groups (broad SMARTS) is 1. The highest BCUT2D eigenvalue weighted by Crippen LogP contribution is 2.25. The minimum Gasteiger partial charge on any atom is -0.478 e. The van der Waals surface area contributed by atoms with Gasteiger partial charge < -0.3 is 5.11 Å². The number of aromatic carboxylic acids is 1. The lowest BCUT2D eigenvalue weighted by atomic mass is 10.1. The molecule has 0 atom stereocenters. The molecule has 0 aliphatic heterocycles. The first-order valence-corrected chi connectivity index (χ1v) is 5.64. The molecule has 0 fully saturated rings. The number of carboxylic acids is 1. The van der Waals surface area contributed by atoms with E-state index in [4.69, 9.17) is 5.11 Å². The molecule has 15 heavy (non-hydrogen) atoms. The first kappa shape index (κ1) is 10.6. The number of pyridine rings is 1. The number of hydrogen-bond donors (Lipinski definition) is 1. The highest BCUT2D eigenvalue weighted by Gasteiger charge is 2.11. The summed E-state index contributed by atoms with van der Waals surface area (Å²) in [6.45, 7) is 0. The Bertz CT molecular complexity index is 549. The summed E-state index contributed by atoms with van der Waals surface area (Å²) in [7, 11) is 0. The summed E-state index contributed by atoms with van der Waals surface area (Å²) in [5.41, 5.74) is 0.695. The predicted molar refractivity (Wildman–Crippen MR) is 64.1 cm³/mol. The topological polar surface area (TPSA) is 50.2 Å². The van der Waals surface area contributed by atoms with Crippen molar-refractivity contribution in [2.45, 2.75) is 0 Å². The summed E-state index contributed by atoms with van der Waals surface area (Å²) in [5.74, 6) is -0.976. The van der Waals surface area contributed by atoms with Crippen LogP contribution in [0.4, 0.5) is 0 Å². The first-order chi connectivity index (χ1) is 7.08. The van der Waals surface area contributed by atoms with Gasteiger partial charge in [0.05, 0.1) is 11.1 Å². The van der Waals surface area contributed by atoms with Crippen molar-refractivity contribution < 1.29 is 9.90 Å². The van der Waals surface area contributed by atoms with E-state index in [0.29, 0.717) is 5.52 Å². The van der Waals surface area contributed by atoms with Crippen molar-refractivity contribution in [2.75, 3.05) is 0 Å². The second kappa shape index (κ2) is 3.90. The summed E-state index contributed by atoms with van der Waals surface area (Å²) >= 11 is 6.56. The fourth-order valence-electron chi connectivity index (χ4n) is 1.35. The lowest BCUT2D eigenvalue weighted by molar-refractivity contribution is 0.0699. The molecule has 2 aromatic rings. The molecule has 5 heteroatoms. The Morgan fingerprint density at radius 1 is 1.20 bits per heavy atom. The van der Waals surface area contributed by atoms with Gasteiger partial charge in [0.25, 0.3) is 0 Å². The van der Waals surface area contributed by atoms with Gasteiger partial charge in [-0.1, -0.05) is 15.9 Å². The van der Waals surface area contributed by atoms with E-state index in [0.717, 1.165) is 14.3 Å². The van der Waals surface area contributed by atoms with Gasteiger partial charge in [-0.2, -0.15) is 0 Å². The molecule has 1 N–H and O–H groups in total. The normalized spacial score (nSPS) is 10.5. The molecular weight excluding hydrogens is 326 g/mol. The van der Waals surface area contributed by atoms with Crippen LogP contribution in [0.2, 0.25) is 0 Å². The van der Waals surface area contributed by atoms with E-state index in [9.17, 15) is 4.79 Å². The van der Waals surface area contributed by atoms with E-state index in [-0.39, 0.29) is 5.56 Å². The number of fused-ring (bicyclic) bond motifs is 1. The monoisotopic (exact) mass is 329 g/mol. The van der Waals surface area contributed by atoms with Gasteiger partial charge in [0.2, 0.25) is 0 Å². The largest absolute Gasteiger partial charge is 0.478 e. The Kier molecular flexibility index (Phi) is 2.75. The van der Waals surface area contributed by atoms with E-state index < -0.39 is 5.97 Å². The Morgan fingerprint density at radius 3 is 2.53 bits per heavy atom. The lowest BCUT2D eigenvalue weighted by Gasteiger charge is -2.03. The number of rotatable bonds is 1. The third-order valence-corrected chi connectivity index (χ3v) is 2.84. The van der Waals surface area contributed by atoms with Crippen molar-refractivity contribution in [2.24, 2.45) is 0 Å². The van der Waals surface area contributed by atoms with Gasteiger partial charge in [-0.3, -0.25) is 4.98 Å². The summed E-state index contributed by atoms with van der Waals surface area (Å²) < 4.78 is 1.55. The zero-order chi connectivity index (χ0) is 11.0. The van der Waals surface area contributed by atoms with Gasteiger partial charge in [-0.15, -0.1) is 0 Å². The third kappa shape index (κ3) is 2.03. The van der Waals surface area contributed by atoms with E-state index >= 15 is 0 Å². The zero-order valence-corrected chi connectivity index (χ0v) is 10.5. The third-order valence-electron chi connectivity index (χ3n) is 1.94. The van der Waals surface area contributed by atoms with Crippen molar-refractivity contribution in [3.05, 3.63) is 38.9 Å². The van der Waals surface area contributed by atoms with Crippen LogP contribution < -0.4 is 0 Å². The zero-order valence-electron chi connectivity index (χ0n) is 7.37. The molecule has 0 amide bonds. The van der Waals surface area contributed by atoms with Crippen molar-refractivity contribution in [1.82, 2.24) is 4.98 Å². The van der Waals surface area contributed by atoms with Crippen LogP contribution in [0.3, 0.4) is 0 Å². The lowest BCUT2D eigenvalue weighted by Crippen LogP contribution is -1.99. The van der Waals surface area contributed by atoms with Gasteiger partial charge in [-0.25, -0.2) is 4.79 Å². The number of benzene rings is 1. The molecule has 0 spiro atoms. The maximum absolute atomic E-state index is 11.0. The molecule has 1 heterocycles. The Hall–Kier alpha value is -0.940. The highest BCUT2D eigenvalue weighted by molar-refractivity contribution is 9.10. The van der Waals surface area contributed by atoms with Crippen LogP contribution in [0.15, 0.2) is 33.3 Å². The Labute approximate surface area is 102 Å². The van der Waals surface area contributed by atoms with Crippen molar-refractivity contribution in [3.63, 3.8) is 0 Å². The number of hydrogen-bond acceptors (Lipinski definition) is 2. The predicted octanol–water partition coefficient (Wildman–Crippen LogP) is 3.46. The van der Waals surface area contributed by atoms with Gasteiger partial charge in [0.15, 0.2) is 0 Å². The van der Waals surface area contributed by atoms with Crippen LogP contribution in [0, 0.1) is 0 Å². The van der Waals surface area contributed by atoms with Gasteiger partial charge >= 0.3 is 5.97 Å². The van der Waals surface area contributed by atoms with E-state index in [1.54, 1.807) is 12.3 Å². The maximum Gasteiger partial charge on any atom is 0.337 e. The summed E-state index contributed by atoms with van der Waals surface area (Å²) in [5, 5.41) is 9.79. The smallest absolute Gasteiger partial charge is 0.337 e. The molecule has 0 unspecified atom stereocenters. The van der Waals surface area contributed by atoms with Gasteiger partial charge in [0, 0.05) is 20.5 Å². The first-order valence-electron chi connectivity index (χ1n) is 4.06. The molecule has 0 aliphatic carbocycles. The molecule has 0 aliphatic rings. The fraction of sp³-hybridized carbons (Fsp3) is 0.